The highest BCUT2D eigenvalue weighted by molar-refractivity contribution is 6.49. The lowest BCUT2D eigenvalue weighted by Gasteiger charge is -2.19. The zero-order valence-electron chi connectivity index (χ0n) is 4.98. The van der Waals surface area contributed by atoms with Gasteiger partial charge in [0.25, 0.3) is 0 Å². The summed E-state index contributed by atoms with van der Waals surface area (Å²) in [4.78, 5) is 0. The first kappa shape index (κ1) is 6.06. The molecule has 2 aliphatic rings. The van der Waals surface area contributed by atoms with E-state index < -0.39 is 4.33 Å². The topological polar surface area (TPSA) is 0 Å². The number of halogens is 2. The van der Waals surface area contributed by atoms with Crippen LogP contribution >= 0.6 is 23.2 Å². The van der Waals surface area contributed by atoms with E-state index in [2.05, 4.69) is 12.2 Å². The Kier molecular flexibility index (Phi) is 1.13. The molecule has 0 nitrogen and oxygen atoms in total. The van der Waals surface area contributed by atoms with Crippen molar-refractivity contribution in [2.75, 3.05) is 0 Å². The van der Waals surface area contributed by atoms with Crippen molar-refractivity contribution in [1.29, 1.82) is 0 Å². The molecule has 0 spiro atoms. The van der Waals surface area contributed by atoms with Crippen molar-refractivity contribution < 1.29 is 0 Å². The van der Waals surface area contributed by atoms with Gasteiger partial charge in [0.15, 0.2) is 0 Å². The molecule has 2 atom stereocenters. The highest BCUT2D eigenvalue weighted by Gasteiger charge is 2.45. The van der Waals surface area contributed by atoms with Crippen LogP contribution in [0.2, 0.25) is 0 Å². The first-order valence-corrected chi connectivity index (χ1v) is 4.00. The minimum absolute atomic E-state index is 0.431. The summed E-state index contributed by atoms with van der Waals surface area (Å²) in [5.74, 6) is 1.11. The monoisotopic (exact) mass is 162 g/mol. The SMILES string of the molecule is ClC1(Cl)CC2C=CC1C2. The summed E-state index contributed by atoms with van der Waals surface area (Å²) < 4.78 is -0.431. The van der Waals surface area contributed by atoms with Gasteiger partial charge in [0.2, 0.25) is 0 Å². The Balaban J connectivity index is 2.29. The fourth-order valence-electron chi connectivity index (χ4n) is 1.74. The van der Waals surface area contributed by atoms with Gasteiger partial charge in [-0.2, -0.15) is 0 Å². The van der Waals surface area contributed by atoms with Crippen molar-refractivity contribution in [2.24, 2.45) is 11.8 Å². The van der Waals surface area contributed by atoms with Gasteiger partial charge in [-0.25, -0.2) is 0 Å². The number of allylic oxidation sites excluding steroid dienone is 2. The third kappa shape index (κ3) is 0.805. The summed E-state index contributed by atoms with van der Waals surface area (Å²) in [7, 11) is 0. The minimum atomic E-state index is -0.431. The lowest BCUT2D eigenvalue weighted by Crippen LogP contribution is -2.17. The van der Waals surface area contributed by atoms with Gasteiger partial charge in [0, 0.05) is 5.92 Å². The van der Waals surface area contributed by atoms with E-state index in [-0.39, 0.29) is 0 Å². The smallest absolute Gasteiger partial charge is 0.101 e. The lowest BCUT2D eigenvalue weighted by molar-refractivity contribution is 0.652. The quantitative estimate of drug-likeness (QED) is 0.380. The van der Waals surface area contributed by atoms with Gasteiger partial charge in [-0.1, -0.05) is 12.2 Å². The summed E-state index contributed by atoms with van der Waals surface area (Å²) in [5, 5.41) is 0. The Morgan fingerprint density at radius 1 is 1.33 bits per heavy atom. The molecule has 0 N–H and O–H groups in total. The van der Waals surface area contributed by atoms with Crippen LogP contribution in [0.4, 0.5) is 0 Å². The first-order chi connectivity index (χ1) is 4.18. The van der Waals surface area contributed by atoms with E-state index in [1.807, 2.05) is 0 Å². The molecule has 0 aromatic heterocycles. The van der Waals surface area contributed by atoms with E-state index in [1.54, 1.807) is 0 Å². The molecule has 2 heteroatoms. The van der Waals surface area contributed by atoms with Crippen molar-refractivity contribution in [1.82, 2.24) is 0 Å². The largest absolute Gasteiger partial charge is 0.125 e. The zero-order chi connectivity index (χ0) is 6.48. The van der Waals surface area contributed by atoms with Gasteiger partial charge in [0.05, 0.1) is 0 Å². The van der Waals surface area contributed by atoms with Crippen LogP contribution in [0.25, 0.3) is 0 Å². The molecule has 1 saturated carbocycles. The van der Waals surface area contributed by atoms with Crippen molar-refractivity contribution in [3.8, 4) is 0 Å². The van der Waals surface area contributed by atoms with E-state index in [1.165, 1.54) is 6.42 Å². The van der Waals surface area contributed by atoms with Gasteiger partial charge in [-0.15, -0.1) is 23.2 Å². The van der Waals surface area contributed by atoms with Crippen molar-refractivity contribution in [3.63, 3.8) is 0 Å². The van der Waals surface area contributed by atoms with E-state index in [9.17, 15) is 0 Å². The Morgan fingerprint density at radius 2 is 2.11 bits per heavy atom. The van der Waals surface area contributed by atoms with Crippen LogP contribution in [0, 0.1) is 11.8 Å². The van der Waals surface area contributed by atoms with Crippen molar-refractivity contribution in [3.05, 3.63) is 12.2 Å². The van der Waals surface area contributed by atoms with Crippen LogP contribution in [0.1, 0.15) is 12.8 Å². The zero-order valence-corrected chi connectivity index (χ0v) is 6.49. The molecule has 0 radical (unpaired) electrons. The average molecular weight is 163 g/mol. The second-order valence-electron chi connectivity index (χ2n) is 2.95. The Hall–Kier alpha value is 0.320. The molecular weight excluding hydrogens is 155 g/mol. The van der Waals surface area contributed by atoms with E-state index in [0.29, 0.717) is 11.8 Å². The maximum absolute atomic E-state index is 5.98. The predicted octanol–water partition coefficient (Wildman–Crippen LogP) is 2.76. The van der Waals surface area contributed by atoms with Crippen LogP contribution < -0.4 is 0 Å². The van der Waals surface area contributed by atoms with Gasteiger partial charge >= 0.3 is 0 Å². The highest BCUT2D eigenvalue weighted by Crippen LogP contribution is 2.52. The summed E-state index contributed by atoms with van der Waals surface area (Å²) in [5.41, 5.74) is 0. The molecule has 0 saturated heterocycles. The predicted molar refractivity (Wildman–Crippen MR) is 39.8 cm³/mol. The Bertz CT molecular complexity index is 160. The number of fused-ring (bicyclic) bond motifs is 2. The molecule has 50 valence electrons. The van der Waals surface area contributed by atoms with E-state index in [0.717, 1.165) is 6.42 Å². The number of alkyl halides is 2. The summed E-state index contributed by atoms with van der Waals surface area (Å²) >= 11 is 12.0. The van der Waals surface area contributed by atoms with Gasteiger partial charge in [-0.05, 0) is 18.8 Å². The highest BCUT2D eigenvalue weighted by atomic mass is 35.5. The van der Waals surface area contributed by atoms with Crippen LogP contribution in [0.3, 0.4) is 0 Å². The fraction of sp³-hybridized carbons (Fsp3) is 0.714. The van der Waals surface area contributed by atoms with Crippen molar-refractivity contribution >= 4 is 23.2 Å². The van der Waals surface area contributed by atoms with E-state index in [4.69, 9.17) is 23.2 Å². The maximum atomic E-state index is 5.98. The van der Waals surface area contributed by atoms with Gasteiger partial charge < -0.3 is 0 Å². The molecule has 0 aromatic carbocycles. The third-order valence-corrected chi connectivity index (χ3v) is 3.12. The van der Waals surface area contributed by atoms with Crippen LogP contribution in [-0.4, -0.2) is 4.33 Å². The van der Waals surface area contributed by atoms with Crippen LogP contribution in [0.5, 0.6) is 0 Å². The lowest BCUT2D eigenvalue weighted by atomic mass is 10.1. The molecule has 2 aliphatic carbocycles. The van der Waals surface area contributed by atoms with Gasteiger partial charge in [0.1, 0.15) is 4.33 Å². The number of rotatable bonds is 0. The first-order valence-electron chi connectivity index (χ1n) is 3.24. The molecule has 0 aliphatic heterocycles. The minimum Gasteiger partial charge on any atom is -0.101 e. The molecule has 0 aromatic rings. The number of hydrogen-bond donors (Lipinski definition) is 0. The fourth-order valence-corrected chi connectivity index (χ4v) is 2.46. The molecule has 1 fully saturated rings. The second-order valence-corrected chi connectivity index (χ2v) is 4.49. The standard InChI is InChI=1S/C7H8Cl2/c8-7(9)4-5-1-2-6(7)3-5/h1-2,5-6H,3-4H2. The Morgan fingerprint density at radius 3 is 2.33 bits per heavy atom. The molecule has 0 amide bonds. The molecule has 2 unspecified atom stereocenters. The Labute approximate surface area is 64.8 Å². The maximum Gasteiger partial charge on any atom is 0.125 e. The van der Waals surface area contributed by atoms with Crippen LogP contribution in [-0.2, 0) is 0 Å². The summed E-state index contributed by atoms with van der Waals surface area (Å²) in [6.45, 7) is 0. The molecule has 2 bridgehead atoms. The molecule has 0 heterocycles. The molecule has 9 heavy (non-hydrogen) atoms. The third-order valence-electron chi connectivity index (χ3n) is 2.25. The summed E-state index contributed by atoms with van der Waals surface area (Å²) in [6.07, 6.45) is 6.51. The van der Waals surface area contributed by atoms with Crippen LogP contribution in [0.15, 0.2) is 12.2 Å². The van der Waals surface area contributed by atoms with Gasteiger partial charge in [-0.3, -0.25) is 0 Å². The number of hydrogen-bond acceptors (Lipinski definition) is 0. The van der Waals surface area contributed by atoms with Crippen molar-refractivity contribution in [2.45, 2.75) is 17.2 Å². The average Bonchev–Trinajstić information content (AvgIpc) is 2.19. The molecular formula is C7H8Cl2. The second kappa shape index (κ2) is 1.67. The normalized spacial score (nSPS) is 44.2. The summed E-state index contributed by atoms with van der Waals surface area (Å²) in [6, 6.07) is 0. The van der Waals surface area contributed by atoms with E-state index >= 15 is 0 Å². The molecule has 2 rings (SSSR count).